The number of rotatable bonds is 3. The van der Waals surface area contributed by atoms with Crippen LogP contribution < -0.4 is 0 Å². The van der Waals surface area contributed by atoms with E-state index >= 15 is 0 Å². The first kappa shape index (κ1) is 8.96. The van der Waals surface area contributed by atoms with Crippen LogP contribution >= 0.6 is 0 Å². The Balaban J connectivity index is 3.93. The van der Waals surface area contributed by atoms with Gasteiger partial charge in [0.15, 0.2) is 0 Å². The van der Waals surface area contributed by atoms with E-state index in [2.05, 4.69) is 13.2 Å². The minimum absolute atomic E-state index is 1.06. The first-order valence-corrected chi connectivity index (χ1v) is 3.29. The molecule has 0 bridgehead atoms. The lowest BCUT2D eigenvalue weighted by Crippen LogP contribution is -1.63. The van der Waals surface area contributed by atoms with E-state index in [1.807, 2.05) is 38.2 Å². The zero-order valence-electron chi connectivity index (χ0n) is 6.72. The molecule has 0 rings (SSSR count). The van der Waals surface area contributed by atoms with Gasteiger partial charge in [-0.25, -0.2) is 0 Å². The second kappa shape index (κ2) is 4.80. The van der Waals surface area contributed by atoms with Crippen molar-refractivity contribution in [3.63, 3.8) is 0 Å². The van der Waals surface area contributed by atoms with Crippen LogP contribution in [-0.2, 0) is 0 Å². The Kier molecular flexibility index (Phi) is 4.30. The van der Waals surface area contributed by atoms with Crippen LogP contribution in [0.4, 0.5) is 0 Å². The maximum absolute atomic E-state index is 3.74. The maximum Gasteiger partial charge on any atom is -0.0398 e. The average Bonchev–Trinajstić information content (AvgIpc) is 1.87. The summed E-state index contributed by atoms with van der Waals surface area (Å²) in [6, 6.07) is 0. The summed E-state index contributed by atoms with van der Waals surface area (Å²) in [7, 11) is 0. The van der Waals surface area contributed by atoms with E-state index < -0.39 is 0 Å². The first-order valence-electron chi connectivity index (χ1n) is 3.29. The molecular formula is C10H14. The maximum atomic E-state index is 3.74. The van der Waals surface area contributed by atoms with Crippen molar-refractivity contribution in [2.45, 2.75) is 13.8 Å². The zero-order chi connectivity index (χ0) is 7.98. The highest BCUT2D eigenvalue weighted by Gasteiger charge is 1.74. The Labute approximate surface area is 63.3 Å². The van der Waals surface area contributed by atoms with E-state index in [1.54, 1.807) is 0 Å². The highest BCUT2D eigenvalue weighted by Crippen LogP contribution is 1.95. The third-order valence-electron chi connectivity index (χ3n) is 1.06. The lowest BCUT2D eigenvalue weighted by atomic mass is 10.2. The molecule has 0 aliphatic heterocycles. The molecule has 0 aromatic heterocycles. The van der Waals surface area contributed by atoms with Crippen LogP contribution in [0, 0.1) is 0 Å². The van der Waals surface area contributed by atoms with E-state index in [9.17, 15) is 0 Å². The van der Waals surface area contributed by atoms with Gasteiger partial charge in [0.2, 0.25) is 0 Å². The number of hydrogen-bond donors (Lipinski definition) is 0. The van der Waals surface area contributed by atoms with E-state index in [0.717, 1.165) is 11.1 Å². The molecular weight excluding hydrogens is 120 g/mol. The summed E-state index contributed by atoms with van der Waals surface area (Å²) in [6.07, 6.45) is 7.76. The highest BCUT2D eigenvalue weighted by molar-refractivity contribution is 5.23. The molecule has 54 valence electrons. The molecule has 0 N–H and O–H groups in total. The van der Waals surface area contributed by atoms with Crippen LogP contribution in [0.15, 0.2) is 48.6 Å². The van der Waals surface area contributed by atoms with Gasteiger partial charge in [0.05, 0.1) is 0 Å². The second-order valence-corrected chi connectivity index (χ2v) is 2.32. The van der Waals surface area contributed by atoms with Crippen LogP contribution in [-0.4, -0.2) is 0 Å². The van der Waals surface area contributed by atoms with Crippen LogP contribution in [0.3, 0.4) is 0 Å². The van der Waals surface area contributed by atoms with Crippen molar-refractivity contribution in [3.8, 4) is 0 Å². The van der Waals surface area contributed by atoms with Gasteiger partial charge >= 0.3 is 0 Å². The van der Waals surface area contributed by atoms with Crippen LogP contribution in [0.5, 0.6) is 0 Å². The Morgan fingerprint density at radius 3 is 2.30 bits per heavy atom. The molecule has 0 aliphatic rings. The number of allylic oxidation sites excluding steroid dienone is 6. The van der Waals surface area contributed by atoms with Crippen LogP contribution in [0.1, 0.15) is 13.8 Å². The molecule has 0 saturated carbocycles. The smallest absolute Gasteiger partial charge is 0.0398 e. The van der Waals surface area contributed by atoms with E-state index in [0.29, 0.717) is 0 Å². The van der Waals surface area contributed by atoms with Gasteiger partial charge in [-0.3, -0.25) is 0 Å². The van der Waals surface area contributed by atoms with Gasteiger partial charge in [-0.2, -0.15) is 0 Å². The molecule has 0 aliphatic carbocycles. The molecule has 0 heterocycles. The normalized spacial score (nSPS) is 12.0. The van der Waals surface area contributed by atoms with Gasteiger partial charge in [0, 0.05) is 0 Å². The monoisotopic (exact) mass is 134 g/mol. The first-order chi connectivity index (χ1) is 4.66. The minimum atomic E-state index is 1.06. The fraction of sp³-hybridized carbons (Fsp3) is 0.200. The molecule has 0 aromatic rings. The quantitative estimate of drug-likeness (QED) is 0.520. The molecule has 0 spiro atoms. The van der Waals surface area contributed by atoms with Crippen molar-refractivity contribution in [1.29, 1.82) is 0 Å². The molecule has 0 nitrogen and oxygen atoms in total. The topological polar surface area (TPSA) is 0 Å². The van der Waals surface area contributed by atoms with E-state index in [-0.39, 0.29) is 0 Å². The van der Waals surface area contributed by atoms with Gasteiger partial charge in [-0.05, 0) is 13.8 Å². The van der Waals surface area contributed by atoms with Gasteiger partial charge in [0.25, 0.3) is 0 Å². The van der Waals surface area contributed by atoms with E-state index in [1.165, 1.54) is 0 Å². The largest absolute Gasteiger partial charge is 0.0988 e. The molecule has 0 saturated heterocycles. The second-order valence-electron chi connectivity index (χ2n) is 2.32. The summed E-state index contributed by atoms with van der Waals surface area (Å²) < 4.78 is 0. The van der Waals surface area contributed by atoms with E-state index in [4.69, 9.17) is 0 Å². The summed E-state index contributed by atoms with van der Waals surface area (Å²) in [5, 5.41) is 0. The molecule has 0 atom stereocenters. The highest BCUT2D eigenvalue weighted by atomic mass is 13.8. The molecule has 0 unspecified atom stereocenters. The fourth-order valence-corrected chi connectivity index (χ4v) is 0.432. The van der Waals surface area contributed by atoms with Crippen LogP contribution in [0.25, 0.3) is 0 Å². The van der Waals surface area contributed by atoms with Gasteiger partial charge in [0.1, 0.15) is 0 Å². The summed E-state index contributed by atoms with van der Waals surface area (Å²) >= 11 is 0. The number of hydrogen-bond acceptors (Lipinski definition) is 0. The van der Waals surface area contributed by atoms with Crippen molar-refractivity contribution in [1.82, 2.24) is 0 Å². The zero-order valence-corrected chi connectivity index (χ0v) is 6.72. The summed E-state index contributed by atoms with van der Waals surface area (Å²) in [4.78, 5) is 0. The van der Waals surface area contributed by atoms with Crippen molar-refractivity contribution >= 4 is 0 Å². The molecule has 0 heteroatoms. The standard InChI is InChI=1S/C10H14/c1-5-10(4)8-6-7-9(2)3/h5-8H,1-2H2,3-4H3. The Bertz CT molecular complexity index is 180. The summed E-state index contributed by atoms with van der Waals surface area (Å²) in [5.74, 6) is 0. The molecule has 0 radical (unpaired) electrons. The van der Waals surface area contributed by atoms with Gasteiger partial charge in [-0.1, -0.05) is 48.6 Å². The average molecular weight is 134 g/mol. The van der Waals surface area contributed by atoms with Crippen molar-refractivity contribution in [2.75, 3.05) is 0 Å². The molecule has 0 amide bonds. The van der Waals surface area contributed by atoms with Crippen molar-refractivity contribution in [3.05, 3.63) is 48.6 Å². The third kappa shape index (κ3) is 5.10. The Morgan fingerprint density at radius 1 is 1.30 bits per heavy atom. The summed E-state index contributed by atoms with van der Waals surface area (Å²) in [5.41, 5.74) is 2.23. The lowest BCUT2D eigenvalue weighted by molar-refractivity contribution is 1.51. The fourth-order valence-electron chi connectivity index (χ4n) is 0.432. The minimum Gasteiger partial charge on any atom is -0.0988 e. The van der Waals surface area contributed by atoms with Crippen molar-refractivity contribution in [2.24, 2.45) is 0 Å². The summed E-state index contributed by atoms with van der Waals surface area (Å²) in [6.45, 7) is 11.3. The lowest BCUT2D eigenvalue weighted by Gasteiger charge is -1.84. The van der Waals surface area contributed by atoms with Gasteiger partial charge < -0.3 is 0 Å². The Morgan fingerprint density at radius 2 is 1.90 bits per heavy atom. The van der Waals surface area contributed by atoms with Crippen LogP contribution in [0.2, 0.25) is 0 Å². The van der Waals surface area contributed by atoms with Gasteiger partial charge in [-0.15, -0.1) is 0 Å². The predicted octanol–water partition coefficient (Wildman–Crippen LogP) is 3.25. The SMILES string of the molecule is C=CC(C)=CC=CC(=C)C. The predicted molar refractivity (Wildman–Crippen MR) is 47.9 cm³/mol. The Hall–Kier alpha value is -1.04. The molecule has 10 heavy (non-hydrogen) atoms. The molecule has 0 fully saturated rings. The van der Waals surface area contributed by atoms with Crippen molar-refractivity contribution < 1.29 is 0 Å². The third-order valence-corrected chi connectivity index (χ3v) is 1.06. The molecule has 0 aromatic carbocycles.